The number of rotatable bonds is 7. The van der Waals surface area contributed by atoms with E-state index in [0.717, 1.165) is 18.6 Å². The van der Waals surface area contributed by atoms with Crippen LogP contribution in [0, 0.1) is 0 Å². The molecule has 0 aliphatic rings. The van der Waals surface area contributed by atoms with Crippen molar-refractivity contribution in [1.82, 2.24) is 5.48 Å². The van der Waals surface area contributed by atoms with Crippen LogP contribution in [0.5, 0.6) is 5.75 Å². The highest BCUT2D eigenvalue weighted by atomic mass is 16.6. The zero-order valence-corrected chi connectivity index (χ0v) is 11.3. The molecule has 0 spiro atoms. The topological polar surface area (TPSA) is 60.7 Å². The van der Waals surface area contributed by atoms with Gasteiger partial charge in [-0.2, -0.15) is 0 Å². The first kappa shape index (κ1) is 14.1. The third kappa shape index (κ3) is 4.13. The Kier molecular flexibility index (Phi) is 5.20. The number of methoxy groups -OCH3 is 1. The first-order chi connectivity index (χ1) is 9.79. The zero-order chi connectivity index (χ0) is 14.2. The van der Waals surface area contributed by atoms with Gasteiger partial charge in [0, 0.05) is 12.0 Å². The van der Waals surface area contributed by atoms with Crippen molar-refractivity contribution in [2.24, 2.45) is 0 Å². The summed E-state index contributed by atoms with van der Waals surface area (Å²) in [4.78, 5) is 16.9. The predicted octanol–water partition coefficient (Wildman–Crippen LogP) is 2.58. The number of furan rings is 1. The van der Waals surface area contributed by atoms with Crippen molar-refractivity contribution in [3.05, 3.63) is 54.0 Å². The third-order valence-electron chi connectivity index (χ3n) is 2.75. The maximum Gasteiger partial charge on any atom is 0.274 e. The Hall–Kier alpha value is -2.27. The highest BCUT2D eigenvalue weighted by Crippen LogP contribution is 2.12. The molecule has 0 unspecified atom stereocenters. The second-order valence-electron chi connectivity index (χ2n) is 4.19. The molecule has 5 heteroatoms. The fourth-order valence-corrected chi connectivity index (χ4v) is 1.71. The smallest absolute Gasteiger partial charge is 0.274 e. The molecular formula is C15H17NO4. The number of hydroxylamine groups is 1. The van der Waals surface area contributed by atoms with Gasteiger partial charge in [-0.15, -0.1) is 0 Å². The largest absolute Gasteiger partial charge is 0.497 e. The summed E-state index contributed by atoms with van der Waals surface area (Å²) < 4.78 is 10.3. The van der Waals surface area contributed by atoms with Gasteiger partial charge in [-0.05, 0) is 36.8 Å². The molecule has 0 aliphatic carbocycles. The van der Waals surface area contributed by atoms with Crippen molar-refractivity contribution in [1.29, 1.82) is 0 Å². The van der Waals surface area contributed by atoms with E-state index in [1.165, 1.54) is 0 Å². The number of hydrogen-bond donors (Lipinski definition) is 1. The van der Waals surface area contributed by atoms with Crippen LogP contribution in [0.3, 0.4) is 0 Å². The summed E-state index contributed by atoms with van der Waals surface area (Å²) in [6.45, 7) is 0.427. The Balaban J connectivity index is 1.69. The van der Waals surface area contributed by atoms with Crippen LogP contribution in [0.4, 0.5) is 0 Å². The molecule has 0 bridgehead atoms. The molecule has 1 aromatic carbocycles. The Labute approximate surface area is 117 Å². The number of ether oxygens (including phenoxy) is 1. The summed E-state index contributed by atoms with van der Waals surface area (Å²) in [5, 5.41) is 0. The Morgan fingerprint density at radius 1 is 1.30 bits per heavy atom. The lowest BCUT2D eigenvalue weighted by atomic mass is 10.2. The van der Waals surface area contributed by atoms with Crippen molar-refractivity contribution < 1.29 is 18.8 Å². The van der Waals surface area contributed by atoms with Gasteiger partial charge in [-0.1, -0.05) is 6.07 Å². The standard InChI is InChI=1S/C15H17NO4/c1-18-14-6-2-5-12(11-14)15(17)16-20-10-4-8-13-7-3-9-19-13/h2-3,5-7,9,11H,4,8,10H2,1H3,(H,16,17). The van der Waals surface area contributed by atoms with E-state index < -0.39 is 0 Å². The second kappa shape index (κ2) is 7.35. The minimum absolute atomic E-state index is 0.290. The molecule has 20 heavy (non-hydrogen) atoms. The van der Waals surface area contributed by atoms with Crippen molar-refractivity contribution in [2.75, 3.05) is 13.7 Å². The number of carbonyl (C=O) groups excluding carboxylic acids is 1. The molecule has 0 saturated heterocycles. The average molecular weight is 275 g/mol. The van der Waals surface area contributed by atoms with Crippen LogP contribution in [-0.2, 0) is 11.3 Å². The second-order valence-corrected chi connectivity index (χ2v) is 4.19. The van der Waals surface area contributed by atoms with E-state index in [9.17, 15) is 4.79 Å². The first-order valence-corrected chi connectivity index (χ1v) is 6.38. The van der Waals surface area contributed by atoms with Crippen LogP contribution in [0.15, 0.2) is 47.1 Å². The molecule has 0 radical (unpaired) electrons. The fraction of sp³-hybridized carbons (Fsp3) is 0.267. The molecule has 0 atom stereocenters. The molecule has 2 aromatic rings. The lowest BCUT2D eigenvalue weighted by molar-refractivity contribution is 0.0301. The lowest BCUT2D eigenvalue weighted by Crippen LogP contribution is -2.24. The van der Waals surface area contributed by atoms with Crippen LogP contribution >= 0.6 is 0 Å². The van der Waals surface area contributed by atoms with Gasteiger partial charge in [-0.3, -0.25) is 9.63 Å². The molecule has 0 fully saturated rings. The van der Waals surface area contributed by atoms with Crippen molar-refractivity contribution in [3.8, 4) is 5.75 Å². The number of aryl methyl sites for hydroxylation is 1. The molecule has 2 rings (SSSR count). The summed E-state index contributed by atoms with van der Waals surface area (Å²) in [5.41, 5.74) is 2.90. The maximum atomic E-state index is 11.8. The fourth-order valence-electron chi connectivity index (χ4n) is 1.71. The molecule has 0 saturated carbocycles. The van der Waals surface area contributed by atoms with Crippen LogP contribution < -0.4 is 10.2 Å². The monoisotopic (exact) mass is 275 g/mol. The van der Waals surface area contributed by atoms with E-state index >= 15 is 0 Å². The van der Waals surface area contributed by atoms with Crippen LogP contribution in [0.2, 0.25) is 0 Å². The highest BCUT2D eigenvalue weighted by Gasteiger charge is 2.06. The average Bonchev–Trinajstić information content (AvgIpc) is 3.00. The summed E-state index contributed by atoms with van der Waals surface area (Å²) in [6.07, 6.45) is 3.19. The zero-order valence-electron chi connectivity index (χ0n) is 11.3. The van der Waals surface area contributed by atoms with Gasteiger partial charge in [0.25, 0.3) is 5.91 Å². The Morgan fingerprint density at radius 2 is 2.20 bits per heavy atom. The number of hydrogen-bond acceptors (Lipinski definition) is 4. The normalized spacial score (nSPS) is 10.2. The number of benzene rings is 1. The van der Waals surface area contributed by atoms with Crippen LogP contribution in [-0.4, -0.2) is 19.6 Å². The van der Waals surface area contributed by atoms with E-state index in [4.69, 9.17) is 14.0 Å². The Morgan fingerprint density at radius 3 is 2.95 bits per heavy atom. The van der Waals surface area contributed by atoms with Gasteiger partial charge in [0.2, 0.25) is 0 Å². The lowest BCUT2D eigenvalue weighted by Gasteiger charge is -2.06. The molecule has 5 nitrogen and oxygen atoms in total. The number of nitrogens with one attached hydrogen (secondary N) is 1. The van der Waals surface area contributed by atoms with Crippen LogP contribution in [0.1, 0.15) is 22.5 Å². The molecule has 1 heterocycles. The predicted molar refractivity (Wildman–Crippen MR) is 73.4 cm³/mol. The highest BCUT2D eigenvalue weighted by molar-refractivity contribution is 5.93. The van der Waals surface area contributed by atoms with E-state index in [2.05, 4.69) is 5.48 Å². The van der Waals surface area contributed by atoms with Gasteiger partial charge >= 0.3 is 0 Å². The molecule has 1 aromatic heterocycles. The quantitative estimate of drug-likeness (QED) is 0.623. The summed E-state index contributed by atoms with van der Waals surface area (Å²) in [6, 6.07) is 10.6. The van der Waals surface area contributed by atoms with Gasteiger partial charge in [0.1, 0.15) is 11.5 Å². The molecule has 106 valence electrons. The van der Waals surface area contributed by atoms with Crippen LogP contribution in [0.25, 0.3) is 0 Å². The number of amides is 1. The molecular weight excluding hydrogens is 258 g/mol. The van der Waals surface area contributed by atoms with Gasteiger partial charge in [0.05, 0.1) is 20.0 Å². The third-order valence-corrected chi connectivity index (χ3v) is 2.75. The van der Waals surface area contributed by atoms with Crippen molar-refractivity contribution >= 4 is 5.91 Å². The van der Waals surface area contributed by atoms with Gasteiger partial charge in [-0.25, -0.2) is 5.48 Å². The minimum Gasteiger partial charge on any atom is -0.497 e. The number of carbonyl (C=O) groups is 1. The molecule has 1 N–H and O–H groups in total. The van der Waals surface area contributed by atoms with Crippen molar-refractivity contribution in [3.63, 3.8) is 0 Å². The van der Waals surface area contributed by atoms with Gasteiger partial charge < -0.3 is 9.15 Å². The van der Waals surface area contributed by atoms with Gasteiger partial charge in [0.15, 0.2) is 0 Å². The van der Waals surface area contributed by atoms with E-state index in [1.54, 1.807) is 37.6 Å². The Bertz CT molecular complexity index is 537. The first-order valence-electron chi connectivity index (χ1n) is 6.38. The van der Waals surface area contributed by atoms with E-state index in [-0.39, 0.29) is 5.91 Å². The summed E-state index contributed by atoms with van der Waals surface area (Å²) in [5.74, 6) is 1.25. The van der Waals surface area contributed by atoms with Crippen molar-refractivity contribution in [2.45, 2.75) is 12.8 Å². The van der Waals surface area contributed by atoms with E-state index in [1.807, 2.05) is 12.1 Å². The SMILES string of the molecule is COc1cccc(C(=O)NOCCCc2ccco2)c1. The molecule has 0 aliphatic heterocycles. The molecule has 1 amide bonds. The maximum absolute atomic E-state index is 11.8. The summed E-state index contributed by atoms with van der Waals surface area (Å²) in [7, 11) is 1.56. The van der Waals surface area contributed by atoms with E-state index in [0.29, 0.717) is 17.9 Å². The minimum atomic E-state index is -0.290. The summed E-state index contributed by atoms with van der Waals surface area (Å²) >= 11 is 0.